The van der Waals surface area contributed by atoms with E-state index in [0.717, 1.165) is 12.3 Å². The molecular weight excluding hydrogens is 294 g/mol. The lowest BCUT2D eigenvalue weighted by Crippen LogP contribution is -2.17. The molecule has 1 N–H and O–H groups in total. The molecular formula is C13H7F4NO3. The molecule has 2 aromatic rings. The van der Waals surface area contributed by atoms with Crippen LogP contribution in [0.1, 0.15) is 10.4 Å². The molecule has 0 aliphatic heterocycles. The third-order valence-electron chi connectivity index (χ3n) is 2.50. The monoisotopic (exact) mass is 301 g/mol. The minimum Gasteiger partial charge on any atom is -0.478 e. The van der Waals surface area contributed by atoms with Gasteiger partial charge in [-0.15, -0.1) is 13.2 Å². The Morgan fingerprint density at radius 1 is 1.19 bits per heavy atom. The van der Waals surface area contributed by atoms with E-state index in [1.165, 1.54) is 18.2 Å². The number of hydrogen-bond acceptors (Lipinski definition) is 3. The second-order valence-electron chi connectivity index (χ2n) is 3.90. The zero-order chi connectivity index (χ0) is 15.6. The van der Waals surface area contributed by atoms with Crippen molar-refractivity contribution in [3.8, 4) is 16.9 Å². The first kappa shape index (κ1) is 14.8. The maximum absolute atomic E-state index is 13.0. The molecule has 110 valence electrons. The Balaban J connectivity index is 2.60. The Bertz CT molecular complexity index is 685. The first-order valence-corrected chi connectivity index (χ1v) is 5.52. The molecule has 0 spiro atoms. The number of hydrogen-bond donors (Lipinski definition) is 1. The zero-order valence-corrected chi connectivity index (χ0v) is 10.2. The number of benzene rings is 1. The number of aromatic carboxylic acids is 1. The minimum atomic E-state index is -4.94. The fraction of sp³-hybridized carbons (Fsp3) is 0.0769. The van der Waals surface area contributed by atoms with Gasteiger partial charge in [0.25, 0.3) is 0 Å². The van der Waals surface area contributed by atoms with Crippen LogP contribution in [-0.4, -0.2) is 22.4 Å². The molecule has 1 aromatic carbocycles. The highest BCUT2D eigenvalue weighted by molar-refractivity contribution is 5.96. The normalized spacial score (nSPS) is 11.2. The lowest BCUT2D eigenvalue weighted by atomic mass is 10.0. The Morgan fingerprint density at radius 2 is 1.86 bits per heavy atom. The highest BCUT2D eigenvalue weighted by atomic mass is 19.4. The van der Waals surface area contributed by atoms with Crippen molar-refractivity contribution >= 4 is 5.97 Å². The van der Waals surface area contributed by atoms with E-state index >= 15 is 0 Å². The van der Waals surface area contributed by atoms with Crippen LogP contribution in [0.2, 0.25) is 0 Å². The van der Waals surface area contributed by atoms with Crippen LogP contribution < -0.4 is 4.74 Å². The van der Waals surface area contributed by atoms with Gasteiger partial charge in [0.2, 0.25) is 5.95 Å². The number of nitrogens with zero attached hydrogens (tertiary/aromatic N) is 1. The van der Waals surface area contributed by atoms with E-state index < -0.39 is 29.6 Å². The van der Waals surface area contributed by atoms with Crippen molar-refractivity contribution in [2.45, 2.75) is 6.36 Å². The van der Waals surface area contributed by atoms with Gasteiger partial charge in [-0.1, -0.05) is 18.2 Å². The summed E-state index contributed by atoms with van der Waals surface area (Å²) in [6.45, 7) is 0. The number of aromatic nitrogens is 1. The van der Waals surface area contributed by atoms with Gasteiger partial charge >= 0.3 is 12.3 Å². The van der Waals surface area contributed by atoms with E-state index in [4.69, 9.17) is 5.11 Å². The van der Waals surface area contributed by atoms with E-state index in [1.54, 1.807) is 0 Å². The third-order valence-corrected chi connectivity index (χ3v) is 2.50. The molecule has 0 bridgehead atoms. The molecule has 4 nitrogen and oxygen atoms in total. The van der Waals surface area contributed by atoms with Crippen LogP contribution >= 0.6 is 0 Å². The summed E-state index contributed by atoms with van der Waals surface area (Å²) in [4.78, 5) is 14.4. The molecule has 0 unspecified atom stereocenters. The topological polar surface area (TPSA) is 59.4 Å². The van der Waals surface area contributed by atoms with Crippen molar-refractivity contribution in [2.24, 2.45) is 0 Å². The van der Waals surface area contributed by atoms with Crippen molar-refractivity contribution in [2.75, 3.05) is 0 Å². The van der Waals surface area contributed by atoms with Gasteiger partial charge in [-0.3, -0.25) is 0 Å². The summed E-state index contributed by atoms with van der Waals surface area (Å²) >= 11 is 0. The highest BCUT2D eigenvalue weighted by Gasteiger charge is 2.32. The molecule has 0 saturated heterocycles. The summed E-state index contributed by atoms with van der Waals surface area (Å²) in [6, 6.07) is 5.57. The summed E-state index contributed by atoms with van der Waals surface area (Å²) in [5.41, 5.74) is -0.843. The molecule has 21 heavy (non-hydrogen) atoms. The molecule has 1 heterocycles. The maximum Gasteiger partial charge on any atom is 0.573 e. The Labute approximate surface area is 115 Å². The Morgan fingerprint density at radius 3 is 2.48 bits per heavy atom. The van der Waals surface area contributed by atoms with Crippen LogP contribution in [0.5, 0.6) is 5.75 Å². The van der Waals surface area contributed by atoms with Crippen molar-refractivity contribution in [3.63, 3.8) is 0 Å². The number of halogens is 4. The SMILES string of the molecule is O=C(O)c1cc(F)ncc1-c1ccccc1OC(F)(F)F. The number of ether oxygens (including phenoxy) is 1. The number of para-hydroxylation sites is 1. The van der Waals surface area contributed by atoms with Gasteiger partial charge in [0.15, 0.2) is 0 Å². The maximum atomic E-state index is 13.0. The number of pyridine rings is 1. The smallest absolute Gasteiger partial charge is 0.478 e. The number of carboxylic acid groups (broad SMARTS) is 1. The summed E-state index contributed by atoms with van der Waals surface area (Å²) in [5.74, 6) is -3.14. The zero-order valence-electron chi connectivity index (χ0n) is 10.2. The molecule has 0 aliphatic rings. The molecule has 0 amide bonds. The van der Waals surface area contributed by atoms with Gasteiger partial charge in [0.1, 0.15) is 5.75 Å². The molecule has 1 aromatic heterocycles. The molecule has 0 atom stereocenters. The van der Waals surface area contributed by atoms with Gasteiger partial charge in [-0.25, -0.2) is 9.78 Å². The number of carbonyl (C=O) groups is 1. The molecule has 0 radical (unpaired) electrons. The van der Waals surface area contributed by atoms with Crippen LogP contribution in [0.15, 0.2) is 36.5 Å². The fourth-order valence-corrected chi connectivity index (χ4v) is 1.72. The van der Waals surface area contributed by atoms with Crippen LogP contribution in [-0.2, 0) is 0 Å². The van der Waals surface area contributed by atoms with Crippen LogP contribution in [0, 0.1) is 5.95 Å². The fourth-order valence-electron chi connectivity index (χ4n) is 1.72. The van der Waals surface area contributed by atoms with Crippen LogP contribution in [0.25, 0.3) is 11.1 Å². The van der Waals surface area contributed by atoms with E-state index in [1.807, 2.05) is 0 Å². The molecule has 2 rings (SSSR count). The van der Waals surface area contributed by atoms with E-state index in [0.29, 0.717) is 6.07 Å². The molecule has 0 saturated carbocycles. The average molecular weight is 301 g/mol. The third kappa shape index (κ3) is 3.47. The largest absolute Gasteiger partial charge is 0.573 e. The number of rotatable bonds is 3. The summed E-state index contributed by atoms with van der Waals surface area (Å²) < 4.78 is 53.9. The van der Waals surface area contributed by atoms with Crippen molar-refractivity contribution in [3.05, 3.63) is 48.0 Å². The first-order chi connectivity index (χ1) is 9.78. The predicted octanol–water partition coefficient (Wildman–Crippen LogP) is 3.48. The summed E-state index contributed by atoms with van der Waals surface area (Å²) in [6.07, 6.45) is -4.09. The van der Waals surface area contributed by atoms with E-state index in [2.05, 4.69) is 9.72 Å². The molecule has 0 aliphatic carbocycles. The lowest BCUT2D eigenvalue weighted by Gasteiger charge is -2.14. The van der Waals surface area contributed by atoms with Crippen molar-refractivity contribution in [1.82, 2.24) is 4.98 Å². The standard InChI is InChI=1S/C13H7F4NO3/c14-11-5-8(12(19)20)9(6-18-11)7-3-1-2-4-10(7)21-13(15,16)17/h1-6H,(H,19,20). The first-order valence-electron chi connectivity index (χ1n) is 5.52. The van der Waals surface area contributed by atoms with Crippen LogP contribution in [0.4, 0.5) is 17.6 Å². The van der Waals surface area contributed by atoms with Gasteiger partial charge in [-0.05, 0) is 6.07 Å². The molecule has 8 heteroatoms. The average Bonchev–Trinajstić information content (AvgIpc) is 2.37. The highest BCUT2D eigenvalue weighted by Crippen LogP contribution is 2.35. The van der Waals surface area contributed by atoms with Crippen molar-refractivity contribution < 1.29 is 32.2 Å². The Kier molecular flexibility index (Phi) is 3.79. The van der Waals surface area contributed by atoms with Crippen molar-refractivity contribution in [1.29, 1.82) is 0 Å². The van der Waals surface area contributed by atoms with Gasteiger partial charge in [-0.2, -0.15) is 4.39 Å². The van der Waals surface area contributed by atoms with Gasteiger partial charge in [0, 0.05) is 23.4 Å². The minimum absolute atomic E-state index is 0.153. The Hall–Kier alpha value is -2.64. The van der Waals surface area contributed by atoms with Crippen LogP contribution in [0.3, 0.4) is 0 Å². The number of carboxylic acids is 1. The second kappa shape index (κ2) is 5.39. The summed E-state index contributed by atoms with van der Waals surface area (Å²) in [5, 5.41) is 9.02. The van der Waals surface area contributed by atoms with E-state index in [9.17, 15) is 22.4 Å². The van der Waals surface area contributed by atoms with Gasteiger partial charge in [0.05, 0.1) is 5.56 Å². The second-order valence-corrected chi connectivity index (χ2v) is 3.90. The quantitative estimate of drug-likeness (QED) is 0.696. The van der Waals surface area contributed by atoms with E-state index in [-0.39, 0.29) is 11.1 Å². The number of alkyl halides is 3. The van der Waals surface area contributed by atoms with Gasteiger partial charge < -0.3 is 9.84 Å². The predicted molar refractivity (Wildman–Crippen MR) is 63.3 cm³/mol. The summed E-state index contributed by atoms with van der Waals surface area (Å²) in [7, 11) is 0. The molecule has 0 fully saturated rings. The lowest BCUT2D eigenvalue weighted by molar-refractivity contribution is -0.274.